The van der Waals surface area contributed by atoms with E-state index in [9.17, 15) is 0 Å². The standard InChI is InChI=1S/C23H28O/c1-18-16-21(23(2,3)20-12-8-5-9-13-20)14-15-22(18)24-17-19-10-6-4-7-11-19/h4-6,8-9,12-16,19H,7,10-11,17H2,1-3H3. The van der Waals surface area contributed by atoms with Crippen LogP contribution >= 0.6 is 0 Å². The van der Waals surface area contributed by atoms with Crippen LogP contribution in [-0.4, -0.2) is 6.61 Å². The largest absolute Gasteiger partial charge is 0.493 e. The molecule has 0 spiro atoms. The normalized spacial score (nSPS) is 17.7. The summed E-state index contributed by atoms with van der Waals surface area (Å²) in [6.45, 7) is 7.55. The van der Waals surface area contributed by atoms with Gasteiger partial charge in [0.05, 0.1) is 6.61 Å². The monoisotopic (exact) mass is 320 g/mol. The van der Waals surface area contributed by atoms with E-state index in [0.29, 0.717) is 5.92 Å². The first kappa shape index (κ1) is 16.8. The average Bonchev–Trinajstić information content (AvgIpc) is 2.62. The van der Waals surface area contributed by atoms with Crippen molar-refractivity contribution in [2.75, 3.05) is 6.61 Å². The highest BCUT2D eigenvalue weighted by molar-refractivity contribution is 5.43. The van der Waals surface area contributed by atoms with Crippen LogP contribution in [0.25, 0.3) is 0 Å². The Morgan fingerprint density at radius 2 is 1.79 bits per heavy atom. The van der Waals surface area contributed by atoms with Crippen LogP contribution in [0.5, 0.6) is 5.75 Å². The van der Waals surface area contributed by atoms with Crippen molar-refractivity contribution in [3.8, 4) is 5.75 Å². The fraction of sp³-hybridized carbons (Fsp3) is 0.391. The van der Waals surface area contributed by atoms with Crippen molar-refractivity contribution in [3.05, 3.63) is 77.4 Å². The van der Waals surface area contributed by atoms with Gasteiger partial charge in [0.15, 0.2) is 0 Å². The van der Waals surface area contributed by atoms with Gasteiger partial charge in [0.25, 0.3) is 0 Å². The van der Waals surface area contributed by atoms with E-state index >= 15 is 0 Å². The molecule has 1 aliphatic rings. The summed E-state index contributed by atoms with van der Waals surface area (Å²) in [5, 5.41) is 0. The summed E-state index contributed by atoms with van der Waals surface area (Å²) in [7, 11) is 0. The van der Waals surface area contributed by atoms with E-state index in [1.165, 1.54) is 29.5 Å². The molecule has 0 N–H and O–H groups in total. The molecule has 0 aliphatic heterocycles. The van der Waals surface area contributed by atoms with Crippen LogP contribution in [0.2, 0.25) is 0 Å². The molecule has 0 fully saturated rings. The molecule has 0 amide bonds. The van der Waals surface area contributed by atoms with E-state index < -0.39 is 0 Å². The number of hydrogen-bond donors (Lipinski definition) is 0. The van der Waals surface area contributed by atoms with Gasteiger partial charge < -0.3 is 4.74 Å². The predicted molar refractivity (Wildman–Crippen MR) is 102 cm³/mol. The molecule has 2 aromatic carbocycles. The highest BCUT2D eigenvalue weighted by Crippen LogP contribution is 2.34. The van der Waals surface area contributed by atoms with E-state index in [1.54, 1.807) is 0 Å². The maximum atomic E-state index is 6.12. The van der Waals surface area contributed by atoms with Gasteiger partial charge in [-0.1, -0.05) is 68.5 Å². The molecular formula is C23H28O. The molecule has 1 atom stereocenters. The Labute approximate surface area is 146 Å². The van der Waals surface area contributed by atoms with Crippen molar-refractivity contribution in [2.45, 2.75) is 45.4 Å². The molecule has 0 saturated heterocycles. The summed E-state index contributed by atoms with van der Waals surface area (Å²) in [6.07, 6.45) is 8.15. The van der Waals surface area contributed by atoms with E-state index in [0.717, 1.165) is 18.8 Å². The third kappa shape index (κ3) is 3.72. The van der Waals surface area contributed by atoms with Crippen LogP contribution in [-0.2, 0) is 5.41 Å². The summed E-state index contributed by atoms with van der Waals surface area (Å²) >= 11 is 0. The summed E-state index contributed by atoms with van der Waals surface area (Å²) in [6, 6.07) is 17.3. The molecule has 3 rings (SSSR count). The van der Waals surface area contributed by atoms with Gasteiger partial charge >= 0.3 is 0 Å². The Hall–Kier alpha value is -2.02. The lowest BCUT2D eigenvalue weighted by molar-refractivity contribution is 0.237. The smallest absolute Gasteiger partial charge is 0.122 e. The van der Waals surface area contributed by atoms with Gasteiger partial charge in [0, 0.05) is 5.41 Å². The summed E-state index contributed by atoms with van der Waals surface area (Å²) in [5.41, 5.74) is 3.90. The van der Waals surface area contributed by atoms with Crippen molar-refractivity contribution in [1.29, 1.82) is 0 Å². The predicted octanol–water partition coefficient (Wildman–Crippen LogP) is 6.06. The van der Waals surface area contributed by atoms with Crippen LogP contribution in [0.4, 0.5) is 0 Å². The molecule has 0 bridgehead atoms. The maximum absolute atomic E-state index is 6.12. The van der Waals surface area contributed by atoms with E-state index in [-0.39, 0.29) is 5.41 Å². The molecule has 2 aromatic rings. The van der Waals surface area contributed by atoms with Crippen molar-refractivity contribution in [2.24, 2.45) is 5.92 Å². The Kier molecular flexibility index (Phi) is 5.08. The minimum atomic E-state index is -0.00128. The molecule has 1 aliphatic carbocycles. The molecule has 0 aromatic heterocycles. The lowest BCUT2D eigenvalue weighted by atomic mass is 9.78. The summed E-state index contributed by atoms with van der Waals surface area (Å²) in [4.78, 5) is 0. The zero-order valence-corrected chi connectivity index (χ0v) is 15.1. The lowest BCUT2D eigenvalue weighted by Gasteiger charge is -2.27. The Morgan fingerprint density at radius 3 is 2.46 bits per heavy atom. The second-order valence-electron chi connectivity index (χ2n) is 7.43. The van der Waals surface area contributed by atoms with Gasteiger partial charge in [0.1, 0.15) is 5.75 Å². The number of aryl methyl sites for hydroxylation is 1. The molecule has 1 unspecified atom stereocenters. The van der Waals surface area contributed by atoms with Crippen LogP contribution in [0.1, 0.15) is 49.8 Å². The molecule has 24 heavy (non-hydrogen) atoms. The van der Waals surface area contributed by atoms with Crippen LogP contribution in [0.3, 0.4) is 0 Å². The fourth-order valence-corrected chi connectivity index (χ4v) is 3.44. The number of ether oxygens (including phenoxy) is 1. The van der Waals surface area contributed by atoms with Gasteiger partial charge in [-0.15, -0.1) is 0 Å². The molecule has 126 valence electrons. The number of allylic oxidation sites excluding steroid dienone is 2. The zero-order valence-electron chi connectivity index (χ0n) is 15.1. The van der Waals surface area contributed by atoms with Crippen molar-refractivity contribution < 1.29 is 4.74 Å². The Bertz CT molecular complexity index is 697. The average molecular weight is 320 g/mol. The van der Waals surface area contributed by atoms with Crippen molar-refractivity contribution >= 4 is 0 Å². The van der Waals surface area contributed by atoms with Crippen molar-refractivity contribution in [3.63, 3.8) is 0 Å². The Morgan fingerprint density at radius 1 is 1.00 bits per heavy atom. The molecule has 0 heterocycles. The van der Waals surface area contributed by atoms with Crippen LogP contribution < -0.4 is 4.74 Å². The van der Waals surface area contributed by atoms with E-state index in [4.69, 9.17) is 4.74 Å². The first-order valence-corrected chi connectivity index (χ1v) is 9.02. The molecular weight excluding hydrogens is 292 g/mol. The molecule has 0 radical (unpaired) electrons. The van der Waals surface area contributed by atoms with Gasteiger partial charge in [-0.05, 0) is 54.9 Å². The van der Waals surface area contributed by atoms with Crippen molar-refractivity contribution in [1.82, 2.24) is 0 Å². The first-order chi connectivity index (χ1) is 11.6. The topological polar surface area (TPSA) is 9.23 Å². The third-order valence-electron chi connectivity index (χ3n) is 5.24. The SMILES string of the molecule is Cc1cc(C(C)(C)c2ccccc2)ccc1OCC1CC=CCC1. The lowest BCUT2D eigenvalue weighted by Crippen LogP contribution is -2.19. The van der Waals surface area contributed by atoms with Crippen LogP contribution in [0, 0.1) is 12.8 Å². The molecule has 1 nitrogen and oxygen atoms in total. The van der Waals surface area contributed by atoms with Gasteiger partial charge in [-0.25, -0.2) is 0 Å². The minimum Gasteiger partial charge on any atom is -0.493 e. The third-order valence-corrected chi connectivity index (χ3v) is 5.24. The van der Waals surface area contributed by atoms with Gasteiger partial charge in [-0.2, -0.15) is 0 Å². The number of hydrogen-bond acceptors (Lipinski definition) is 1. The van der Waals surface area contributed by atoms with E-state index in [2.05, 4.69) is 81.5 Å². The maximum Gasteiger partial charge on any atom is 0.122 e. The summed E-state index contributed by atoms with van der Waals surface area (Å²) in [5.74, 6) is 1.69. The fourth-order valence-electron chi connectivity index (χ4n) is 3.44. The van der Waals surface area contributed by atoms with E-state index in [1.807, 2.05) is 0 Å². The minimum absolute atomic E-state index is 0.00128. The first-order valence-electron chi connectivity index (χ1n) is 9.02. The van der Waals surface area contributed by atoms with Gasteiger partial charge in [0.2, 0.25) is 0 Å². The Balaban J connectivity index is 1.73. The van der Waals surface area contributed by atoms with Gasteiger partial charge in [-0.3, -0.25) is 0 Å². The second-order valence-corrected chi connectivity index (χ2v) is 7.43. The highest BCUT2D eigenvalue weighted by Gasteiger charge is 2.23. The zero-order chi connectivity index (χ0) is 17.0. The number of benzene rings is 2. The highest BCUT2D eigenvalue weighted by atomic mass is 16.5. The molecule has 0 saturated carbocycles. The summed E-state index contributed by atoms with van der Waals surface area (Å²) < 4.78 is 6.12. The van der Waals surface area contributed by atoms with Crippen LogP contribution in [0.15, 0.2) is 60.7 Å². The number of rotatable bonds is 5. The molecule has 1 heteroatoms. The second kappa shape index (κ2) is 7.25. The quantitative estimate of drug-likeness (QED) is 0.609.